The average Bonchev–Trinajstić information content (AvgIpc) is 3.33. The summed E-state index contributed by atoms with van der Waals surface area (Å²) in [6.45, 7) is 10.4. The third kappa shape index (κ3) is 6.76. The molecule has 8 nitrogen and oxygen atoms in total. The molecule has 1 N–H and O–H groups in total. The van der Waals surface area contributed by atoms with Gasteiger partial charge in [0.2, 0.25) is 17.6 Å². The van der Waals surface area contributed by atoms with E-state index in [1.165, 1.54) is 11.6 Å². The van der Waals surface area contributed by atoms with Crippen LogP contribution in [0.2, 0.25) is 5.02 Å². The number of nitrogens with zero attached hydrogens (tertiary/aromatic N) is 3. The number of hydrogen-bond acceptors (Lipinski definition) is 7. The van der Waals surface area contributed by atoms with Crippen LogP contribution < -0.4 is 5.32 Å². The topological polar surface area (TPSA) is 97.6 Å². The molecule has 4 rings (SSSR count). The minimum absolute atomic E-state index is 0.0788. The van der Waals surface area contributed by atoms with Crippen LogP contribution in [0.15, 0.2) is 47.0 Å². The van der Waals surface area contributed by atoms with Gasteiger partial charge in [0.05, 0.1) is 35.3 Å². The van der Waals surface area contributed by atoms with Crippen LogP contribution in [0, 0.1) is 5.92 Å². The number of aromatic nitrogens is 2. The zero-order valence-electron chi connectivity index (χ0n) is 21.7. The van der Waals surface area contributed by atoms with Crippen molar-refractivity contribution in [3.8, 4) is 11.4 Å². The predicted octanol–water partition coefficient (Wildman–Crippen LogP) is 5.71. The minimum Gasteiger partial charge on any atom is -0.462 e. The number of anilines is 1. The predicted molar refractivity (Wildman–Crippen MR) is 142 cm³/mol. The molecule has 2 aromatic carbocycles. The molecule has 0 aliphatic carbocycles. The van der Waals surface area contributed by atoms with Gasteiger partial charge in [-0.3, -0.25) is 9.69 Å². The van der Waals surface area contributed by atoms with E-state index in [1.54, 1.807) is 19.1 Å². The molecule has 1 aromatic heterocycles. The Morgan fingerprint density at radius 2 is 1.95 bits per heavy atom. The molecule has 1 saturated heterocycles. The largest absolute Gasteiger partial charge is 0.462 e. The third-order valence-corrected chi connectivity index (χ3v) is 6.76. The number of carbonyl (C=O) groups excluding carboxylic acids is 2. The van der Waals surface area contributed by atoms with Crippen LogP contribution in [0.4, 0.5) is 5.69 Å². The van der Waals surface area contributed by atoms with Gasteiger partial charge in [-0.2, -0.15) is 4.98 Å². The number of piperidine rings is 1. The van der Waals surface area contributed by atoms with Crippen molar-refractivity contribution in [3.63, 3.8) is 0 Å². The van der Waals surface area contributed by atoms with Crippen LogP contribution in [0.1, 0.15) is 62.3 Å². The molecule has 0 spiro atoms. The van der Waals surface area contributed by atoms with E-state index < -0.39 is 5.97 Å². The molecule has 37 heavy (non-hydrogen) atoms. The molecule has 9 heteroatoms. The second kappa shape index (κ2) is 11.4. The maximum atomic E-state index is 13.0. The average molecular weight is 525 g/mol. The second-order valence-electron chi connectivity index (χ2n) is 10.3. The fraction of sp³-hybridized carbons (Fsp3) is 0.429. The zero-order valence-corrected chi connectivity index (χ0v) is 22.5. The number of amides is 1. The van der Waals surface area contributed by atoms with Crippen molar-refractivity contribution in [2.24, 2.45) is 5.92 Å². The summed E-state index contributed by atoms with van der Waals surface area (Å²) in [5, 5.41) is 7.35. The van der Waals surface area contributed by atoms with Crippen molar-refractivity contribution >= 4 is 29.2 Å². The SMILES string of the molecule is CCOC(=O)c1ccc(NC(=O)C2CCCN(Cc3nc(-c4ccc(C(C)(C)C)cc4)no3)C2)c(Cl)c1. The van der Waals surface area contributed by atoms with Gasteiger partial charge in [0.1, 0.15) is 0 Å². The Balaban J connectivity index is 1.35. The summed E-state index contributed by atoms with van der Waals surface area (Å²) in [6, 6.07) is 12.9. The highest BCUT2D eigenvalue weighted by molar-refractivity contribution is 6.34. The van der Waals surface area contributed by atoms with Gasteiger partial charge in [-0.1, -0.05) is 61.8 Å². The summed E-state index contributed by atoms with van der Waals surface area (Å²) in [7, 11) is 0. The maximum Gasteiger partial charge on any atom is 0.338 e. The Labute approximate surface area is 222 Å². The molecule has 196 valence electrons. The number of esters is 1. The fourth-order valence-corrected chi connectivity index (χ4v) is 4.58. The first-order valence-corrected chi connectivity index (χ1v) is 12.9. The second-order valence-corrected chi connectivity index (χ2v) is 10.7. The Morgan fingerprint density at radius 3 is 2.62 bits per heavy atom. The summed E-state index contributed by atoms with van der Waals surface area (Å²) in [5.41, 5.74) is 3.04. The molecule has 0 saturated carbocycles. The fourth-order valence-electron chi connectivity index (χ4n) is 4.35. The first-order chi connectivity index (χ1) is 17.6. The molecular formula is C28H33ClN4O4. The van der Waals surface area contributed by atoms with Crippen molar-refractivity contribution in [3.05, 3.63) is 64.5 Å². The Hall–Kier alpha value is -3.23. The summed E-state index contributed by atoms with van der Waals surface area (Å²) in [4.78, 5) is 31.6. The third-order valence-electron chi connectivity index (χ3n) is 6.45. The summed E-state index contributed by atoms with van der Waals surface area (Å²) >= 11 is 6.32. The minimum atomic E-state index is -0.448. The van der Waals surface area contributed by atoms with Gasteiger partial charge in [-0.15, -0.1) is 0 Å². The van der Waals surface area contributed by atoms with E-state index in [9.17, 15) is 9.59 Å². The maximum absolute atomic E-state index is 13.0. The first-order valence-electron chi connectivity index (χ1n) is 12.6. The van der Waals surface area contributed by atoms with Crippen LogP contribution >= 0.6 is 11.6 Å². The molecule has 3 aromatic rings. The van der Waals surface area contributed by atoms with E-state index in [0.29, 0.717) is 41.1 Å². The van der Waals surface area contributed by atoms with E-state index >= 15 is 0 Å². The van der Waals surface area contributed by atoms with Crippen molar-refractivity contribution in [1.82, 2.24) is 15.0 Å². The van der Waals surface area contributed by atoms with Crippen LogP contribution in [-0.2, 0) is 21.5 Å². The number of halogens is 1. The summed E-state index contributed by atoms with van der Waals surface area (Å²) in [5.74, 6) is 0.315. The van der Waals surface area contributed by atoms with Gasteiger partial charge in [0.15, 0.2) is 0 Å². The Bertz CT molecular complexity index is 1250. The molecule has 2 heterocycles. The van der Waals surface area contributed by atoms with Crippen LogP contribution in [0.5, 0.6) is 0 Å². The molecule has 0 bridgehead atoms. The highest BCUT2D eigenvalue weighted by atomic mass is 35.5. The molecule has 1 amide bonds. The highest BCUT2D eigenvalue weighted by Crippen LogP contribution is 2.27. The number of carbonyl (C=O) groups is 2. The van der Waals surface area contributed by atoms with Gasteiger partial charge < -0.3 is 14.6 Å². The lowest BCUT2D eigenvalue weighted by Gasteiger charge is -2.30. The highest BCUT2D eigenvalue weighted by Gasteiger charge is 2.27. The lowest BCUT2D eigenvalue weighted by molar-refractivity contribution is -0.121. The van der Waals surface area contributed by atoms with Gasteiger partial charge in [0.25, 0.3) is 0 Å². The van der Waals surface area contributed by atoms with E-state index in [4.69, 9.17) is 20.9 Å². The monoisotopic (exact) mass is 524 g/mol. The first kappa shape index (κ1) is 26.8. The molecule has 1 aliphatic heterocycles. The van der Waals surface area contributed by atoms with E-state index in [2.05, 4.69) is 53.3 Å². The van der Waals surface area contributed by atoms with Crippen molar-refractivity contribution in [2.45, 2.75) is 52.5 Å². The number of rotatable bonds is 7. The number of nitrogens with one attached hydrogen (secondary N) is 1. The normalized spacial score (nSPS) is 16.4. The number of hydrogen-bond donors (Lipinski definition) is 1. The number of likely N-dealkylation sites (tertiary alicyclic amines) is 1. The standard InChI is InChI=1S/C28H33ClN4O4/c1-5-36-27(35)19-10-13-23(22(29)15-19)30-26(34)20-7-6-14-33(16-20)17-24-31-25(32-37-24)18-8-11-21(12-9-18)28(2,3)4/h8-13,15,20H,5-7,14,16-17H2,1-4H3,(H,30,34). The van der Waals surface area contributed by atoms with Gasteiger partial charge in [-0.05, 0) is 55.5 Å². The quantitative estimate of drug-likeness (QED) is 0.395. The van der Waals surface area contributed by atoms with Crippen LogP contribution in [0.3, 0.4) is 0 Å². The lowest BCUT2D eigenvalue weighted by atomic mass is 9.87. The summed E-state index contributed by atoms with van der Waals surface area (Å²) < 4.78 is 10.5. The molecule has 1 atom stereocenters. The molecular weight excluding hydrogens is 492 g/mol. The van der Waals surface area contributed by atoms with Gasteiger partial charge in [-0.25, -0.2) is 4.79 Å². The van der Waals surface area contributed by atoms with Crippen LogP contribution in [0.25, 0.3) is 11.4 Å². The number of ether oxygens (including phenoxy) is 1. The molecule has 1 aliphatic rings. The van der Waals surface area contributed by atoms with Crippen molar-refractivity contribution in [2.75, 3.05) is 25.0 Å². The van der Waals surface area contributed by atoms with E-state index in [1.807, 2.05) is 12.1 Å². The Kier molecular flexibility index (Phi) is 8.29. The molecule has 0 radical (unpaired) electrons. The van der Waals surface area contributed by atoms with E-state index in [-0.39, 0.29) is 23.8 Å². The van der Waals surface area contributed by atoms with E-state index in [0.717, 1.165) is 24.9 Å². The molecule has 1 unspecified atom stereocenters. The van der Waals surface area contributed by atoms with Crippen molar-refractivity contribution in [1.29, 1.82) is 0 Å². The smallest absolute Gasteiger partial charge is 0.338 e. The number of benzene rings is 2. The lowest BCUT2D eigenvalue weighted by Crippen LogP contribution is -2.40. The van der Waals surface area contributed by atoms with Crippen molar-refractivity contribution < 1.29 is 18.8 Å². The van der Waals surface area contributed by atoms with Gasteiger partial charge >= 0.3 is 5.97 Å². The zero-order chi connectivity index (χ0) is 26.6. The molecule has 1 fully saturated rings. The Morgan fingerprint density at radius 1 is 1.19 bits per heavy atom. The van der Waals surface area contributed by atoms with Crippen LogP contribution in [-0.4, -0.2) is 46.6 Å². The van der Waals surface area contributed by atoms with Gasteiger partial charge in [0, 0.05) is 12.1 Å². The summed E-state index contributed by atoms with van der Waals surface area (Å²) in [6.07, 6.45) is 1.65.